The molecule has 1 N–H and O–H groups in total. The van der Waals surface area contributed by atoms with Crippen LogP contribution in [0.2, 0.25) is 10.0 Å². The van der Waals surface area contributed by atoms with Gasteiger partial charge >= 0.3 is 0 Å². The van der Waals surface area contributed by atoms with E-state index in [4.69, 9.17) is 23.2 Å². The molecule has 0 bridgehead atoms. The molecule has 2 amide bonds. The van der Waals surface area contributed by atoms with Crippen LogP contribution >= 0.6 is 35.0 Å². The highest BCUT2D eigenvalue weighted by atomic mass is 35.5. The quantitative estimate of drug-likeness (QED) is 0.242. The topological polar surface area (TPSA) is 49.4 Å². The first-order valence-electron chi connectivity index (χ1n) is 12.1. The number of benzene rings is 3. The van der Waals surface area contributed by atoms with Crippen LogP contribution < -0.4 is 5.32 Å². The number of amides is 2. The summed E-state index contributed by atoms with van der Waals surface area (Å²) in [6.07, 6.45) is 1.53. The summed E-state index contributed by atoms with van der Waals surface area (Å²) >= 11 is 14.7. The molecule has 190 valence electrons. The molecular weight excluding hydrogens is 511 g/mol. The van der Waals surface area contributed by atoms with Crippen LogP contribution in [0.5, 0.6) is 0 Å². The monoisotopic (exact) mass is 542 g/mol. The number of hydrogen-bond acceptors (Lipinski definition) is 3. The number of rotatable bonds is 13. The molecule has 36 heavy (non-hydrogen) atoms. The predicted molar refractivity (Wildman–Crippen MR) is 151 cm³/mol. The molecule has 0 aliphatic heterocycles. The van der Waals surface area contributed by atoms with Gasteiger partial charge in [-0.1, -0.05) is 96.9 Å². The van der Waals surface area contributed by atoms with Crippen LogP contribution in [0.15, 0.2) is 78.9 Å². The number of carbonyl (C=O) groups is 2. The molecule has 3 aromatic carbocycles. The molecule has 4 nitrogen and oxygen atoms in total. The second-order valence-corrected chi connectivity index (χ2v) is 10.4. The second kappa shape index (κ2) is 14.9. The van der Waals surface area contributed by atoms with E-state index >= 15 is 0 Å². The maximum absolute atomic E-state index is 13.6. The highest BCUT2D eigenvalue weighted by Gasteiger charge is 2.31. The summed E-state index contributed by atoms with van der Waals surface area (Å²) in [4.78, 5) is 28.6. The summed E-state index contributed by atoms with van der Waals surface area (Å²) in [5.41, 5.74) is 2.85. The van der Waals surface area contributed by atoms with E-state index in [1.807, 2.05) is 55.5 Å². The van der Waals surface area contributed by atoms with Gasteiger partial charge in [-0.15, -0.1) is 0 Å². The van der Waals surface area contributed by atoms with E-state index in [9.17, 15) is 9.59 Å². The maximum atomic E-state index is 13.6. The summed E-state index contributed by atoms with van der Waals surface area (Å²) in [7, 11) is 0. The lowest BCUT2D eigenvalue weighted by molar-refractivity contribution is -0.141. The third-order valence-electron chi connectivity index (χ3n) is 5.78. The van der Waals surface area contributed by atoms with Crippen LogP contribution in [0.25, 0.3) is 0 Å². The minimum Gasteiger partial charge on any atom is -0.354 e. The number of thioether (sulfide) groups is 1. The Morgan fingerprint density at radius 1 is 0.889 bits per heavy atom. The van der Waals surface area contributed by atoms with E-state index in [1.165, 1.54) is 5.56 Å². The van der Waals surface area contributed by atoms with Gasteiger partial charge in [0.2, 0.25) is 11.8 Å². The van der Waals surface area contributed by atoms with Crippen molar-refractivity contribution in [2.45, 2.75) is 44.5 Å². The molecule has 0 spiro atoms. The second-order valence-electron chi connectivity index (χ2n) is 8.51. The van der Waals surface area contributed by atoms with Crippen molar-refractivity contribution >= 4 is 46.8 Å². The van der Waals surface area contributed by atoms with Gasteiger partial charge in [0.15, 0.2) is 0 Å². The predicted octanol–water partition coefficient (Wildman–Crippen LogP) is 6.78. The van der Waals surface area contributed by atoms with E-state index in [1.54, 1.807) is 34.9 Å². The summed E-state index contributed by atoms with van der Waals surface area (Å²) in [5.74, 6) is 1.21. The molecule has 0 aliphatic rings. The Labute approximate surface area is 228 Å². The Morgan fingerprint density at radius 2 is 1.50 bits per heavy atom. The SMILES string of the molecule is CCCNC(=O)C(Cc1ccccc1)N(Cc1c(Cl)cccc1Cl)C(=O)CCSCc1ccccc1. The number of carbonyl (C=O) groups excluding carboxylic acids is 2. The fourth-order valence-electron chi connectivity index (χ4n) is 3.84. The fourth-order valence-corrected chi connectivity index (χ4v) is 5.25. The Kier molecular flexibility index (Phi) is 11.7. The molecule has 0 saturated carbocycles. The van der Waals surface area contributed by atoms with Crippen molar-refractivity contribution in [1.29, 1.82) is 0 Å². The van der Waals surface area contributed by atoms with Crippen molar-refractivity contribution in [2.24, 2.45) is 0 Å². The number of hydrogen-bond donors (Lipinski definition) is 1. The van der Waals surface area contributed by atoms with Gasteiger partial charge in [-0.05, 0) is 29.7 Å². The number of nitrogens with one attached hydrogen (secondary N) is 1. The van der Waals surface area contributed by atoms with E-state index in [0.29, 0.717) is 40.7 Å². The molecule has 0 aromatic heterocycles. The normalized spacial score (nSPS) is 11.6. The van der Waals surface area contributed by atoms with Crippen molar-refractivity contribution in [2.75, 3.05) is 12.3 Å². The van der Waals surface area contributed by atoms with Crippen LogP contribution in [-0.2, 0) is 28.3 Å². The molecule has 0 radical (unpaired) electrons. The van der Waals surface area contributed by atoms with Gasteiger partial charge < -0.3 is 10.2 Å². The summed E-state index contributed by atoms with van der Waals surface area (Å²) in [5, 5.41) is 3.94. The van der Waals surface area contributed by atoms with Crippen molar-refractivity contribution in [3.63, 3.8) is 0 Å². The molecule has 3 aromatic rings. The van der Waals surface area contributed by atoms with Gasteiger partial charge in [0.25, 0.3) is 0 Å². The molecule has 0 heterocycles. The highest BCUT2D eigenvalue weighted by Crippen LogP contribution is 2.28. The highest BCUT2D eigenvalue weighted by molar-refractivity contribution is 7.98. The first kappa shape index (κ1) is 28.1. The zero-order valence-electron chi connectivity index (χ0n) is 20.5. The first-order valence-corrected chi connectivity index (χ1v) is 14.1. The molecular formula is C29H32Cl2N2O2S. The zero-order chi connectivity index (χ0) is 25.8. The molecule has 7 heteroatoms. The number of halogens is 2. The average molecular weight is 544 g/mol. The third-order valence-corrected chi connectivity index (χ3v) is 7.52. The molecule has 0 fully saturated rings. The maximum Gasteiger partial charge on any atom is 0.243 e. The third kappa shape index (κ3) is 8.58. The Bertz CT molecular complexity index is 1090. The summed E-state index contributed by atoms with van der Waals surface area (Å²) in [6, 6.07) is 24.5. The van der Waals surface area contributed by atoms with E-state index in [2.05, 4.69) is 17.4 Å². The van der Waals surface area contributed by atoms with E-state index in [-0.39, 0.29) is 18.4 Å². The Hall–Kier alpha value is -2.47. The van der Waals surface area contributed by atoms with Crippen LogP contribution in [-0.4, -0.2) is 35.1 Å². The largest absolute Gasteiger partial charge is 0.354 e. The van der Waals surface area contributed by atoms with Gasteiger partial charge in [-0.2, -0.15) is 11.8 Å². The van der Waals surface area contributed by atoms with Crippen molar-refractivity contribution < 1.29 is 9.59 Å². The minimum atomic E-state index is -0.682. The summed E-state index contributed by atoms with van der Waals surface area (Å²) < 4.78 is 0. The zero-order valence-corrected chi connectivity index (χ0v) is 22.8. The van der Waals surface area contributed by atoms with Crippen LogP contribution in [0, 0.1) is 0 Å². The first-order chi connectivity index (χ1) is 17.5. The van der Waals surface area contributed by atoms with Gasteiger partial charge in [0.05, 0.1) is 0 Å². The lowest BCUT2D eigenvalue weighted by Gasteiger charge is -2.32. The fraction of sp³-hybridized carbons (Fsp3) is 0.310. The number of nitrogens with zero attached hydrogens (tertiary/aromatic N) is 1. The Balaban J connectivity index is 1.83. The van der Waals surface area contributed by atoms with Crippen molar-refractivity contribution in [3.05, 3.63) is 106 Å². The summed E-state index contributed by atoms with van der Waals surface area (Å²) in [6.45, 7) is 2.71. The van der Waals surface area contributed by atoms with Gasteiger partial charge in [0.1, 0.15) is 6.04 Å². The molecule has 1 atom stereocenters. The van der Waals surface area contributed by atoms with E-state index < -0.39 is 6.04 Å². The lowest BCUT2D eigenvalue weighted by atomic mass is 10.0. The van der Waals surface area contributed by atoms with E-state index in [0.717, 1.165) is 17.7 Å². The smallest absolute Gasteiger partial charge is 0.243 e. The van der Waals surface area contributed by atoms with Crippen molar-refractivity contribution in [1.82, 2.24) is 10.2 Å². The molecule has 3 rings (SSSR count). The van der Waals surface area contributed by atoms with Crippen LogP contribution in [0.4, 0.5) is 0 Å². The average Bonchev–Trinajstić information content (AvgIpc) is 2.89. The lowest BCUT2D eigenvalue weighted by Crippen LogP contribution is -2.50. The van der Waals surface area contributed by atoms with Gasteiger partial charge in [-0.3, -0.25) is 9.59 Å². The van der Waals surface area contributed by atoms with Gasteiger partial charge in [0, 0.05) is 53.0 Å². The minimum absolute atomic E-state index is 0.0980. The molecule has 0 saturated heterocycles. The van der Waals surface area contributed by atoms with Crippen LogP contribution in [0.1, 0.15) is 36.5 Å². The Morgan fingerprint density at radius 3 is 2.11 bits per heavy atom. The molecule has 1 unspecified atom stereocenters. The van der Waals surface area contributed by atoms with Crippen molar-refractivity contribution in [3.8, 4) is 0 Å². The van der Waals surface area contributed by atoms with Crippen LogP contribution in [0.3, 0.4) is 0 Å². The molecule has 0 aliphatic carbocycles. The standard InChI is InChI=1S/C29H32Cl2N2O2S/c1-2-17-32-29(35)27(19-22-10-5-3-6-11-22)33(20-24-25(30)14-9-15-26(24)31)28(34)16-18-36-21-23-12-7-4-8-13-23/h3-15,27H,2,16-21H2,1H3,(H,32,35). The van der Waals surface area contributed by atoms with Gasteiger partial charge in [-0.25, -0.2) is 0 Å².